The molecule has 1 aliphatic rings. The molecule has 0 aromatic carbocycles. The molecule has 2 N–H and O–H groups in total. The number of rotatable bonds is 2. The molecular formula is C12H20N4. The van der Waals surface area contributed by atoms with Crippen LogP contribution in [0.5, 0.6) is 0 Å². The first-order chi connectivity index (χ1) is 7.56. The molecule has 1 aromatic heterocycles. The highest BCUT2D eigenvalue weighted by molar-refractivity contribution is 5.58. The minimum Gasteiger partial charge on any atom is -0.383 e. The Morgan fingerprint density at radius 2 is 2.19 bits per heavy atom. The Hall–Kier alpha value is -1.32. The van der Waals surface area contributed by atoms with Crippen LogP contribution in [0.3, 0.4) is 0 Å². The van der Waals surface area contributed by atoms with Gasteiger partial charge in [0.15, 0.2) is 0 Å². The van der Waals surface area contributed by atoms with Crippen molar-refractivity contribution in [3.05, 3.63) is 11.9 Å². The number of hydrogen-bond donors (Lipinski definition) is 1. The van der Waals surface area contributed by atoms with Crippen molar-refractivity contribution in [2.45, 2.75) is 45.6 Å². The van der Waals surface area contributed by atoms with Gasteiger partial charge in [-0.05, 0) is 33.1 Å². The molecule has 0 aliphatic carbocycles. The molecule has 0 saturated carbocycles. The second-order valence-corrected chi connectivity index (χ2v) is 4.98. The maximum Gasteiger partial charge on any atom is 0.137 e. The van der Waals surface area contributed by atoms with Crippen LogP contribution in [0.4, 0.5) is 11.6 Å². The zero-order valence-corrected chi connectivity index (χ0v) is 10.3. The summed E-state index contributed by atoms with van der Waals surface area (Å²) in [5.41, 5.74) is 7.18. The standard InChI is InChI=1S/C12H20N4/c1-4-9-10(13)14-8-15-11(9)16-7-5-6-12(16,2)3/h8H,4-7H2,1-3H3,(H2,13,14,15). The van der Waals surface area contributed by atoms with E-state index in [9.17, 15) is 0 Å². The minimum atomic E-state index is 0.185. The monoisotopic (exact) mass is 220 g/mol. The molecule has 16 heavy (non-hydrogen) atoms. The molecule has 1 aromatic rings. The van der Waals surface area contributed by atoms with Gasteiger partial charge in [0.2, 0.25) is 0 Å². The number of hydrogen-bond acceptors (Lipinski definition) is 4. The zero-order chi connectivity index (χ0) is 11.8. The largest absolute Gasteiger partial charge is 0.383 e. The van der Waals surface area contributed by atoms with Crippen LogP contribution < -0.4 is 10.6 Å². The predicted octanol–water partition coefficient (Wildman–Crippen LogP) is 2.00. The van der Waals surface area contributed by atoms with Crippen LogP contribution in [0.15, 0.2) is 6.33 Å². The summed E-state index contributed by atoms with van der Waals surface area (Å²) in [6, 6.07) is 0. The zero-order valence-electron chi connectivity index (χ0n) is 10.3. The van der Waals surface area contributed by atoms with E-state index in [0.717, 1.165) is 24.3 Å². The van der Waals surface area contributed by atoms with E-state index in [1.165, 1.54) is 12.8 Å². The van der Waals surface area contributed by atoms with E-state index < -0.39 is 0 Å². The first-order valence-electron chi connectivity index (χ1n) is 5.93. The van der Waals surface area contributed by atoms with Crippen LogP contribution in [0.1, 0.15) is 39.2 Å². The third kappa shape index (κ3) is 1.72. The fourth-order valence-corrected chi connectivity index (χ4v) is 2.49. The third-order valence-corrected chi connectivity index (χ3v) is 3.47. The van der Waals surface area contributed by atoms with Crippen LogP contribution >= 0.6 is 0 Å². The van der Waals surface area contributed by atoms with Crippen molar-refractivity contribution in [3.8, 4) is 0 Å². The van der Waals surface area contributed by atoms with E-state index in [4.69, 9.17) is 5.73 Å². The van der Waals surface area contributed by atoms with E-state index in [2.05, 4.69) is 35.6 Å². The van der Waals surface area contributed by atoms with Gasteiger partial charge in [-0.3, -0.25) is 0 Å². The SMILES string of the molecule is CCc1c(N)ncnc1N1CCCC1(C)C. The van der Waals surface area contributed by atoms with Crippen molar-refractivity contribution in [2.75, 3.05) is 17.2 Å². The molecule has 0 spiro atoms. The molecule has 0 amide bonds. The van der Waals surface area contributed by atoms with E-state index in [1.807, 2.05) is 0 Å². The summed E-state index contributed by atoms with van der Waals surface area (Å²) in [6.07, 6.45) is 4.88. The van der Waals surface area contributed by atoms with Gasteiger partial charge in [0, 0.05) is 17.6 Å². The maximum absolute atomic E-state index is 5.91. The summed E-state index contributed by atoms with van der Waals surface area (Å²) in [5, 5.41) is 0. The second kappa shape index (κ2) is 3.92. The Bertz CT molecular complexity index is 387. The normalized spacial score (nSPS) is 19.1. The number of nitrogen functional groups attached to an aromatic ring is 1. The molecule has 0 bridgehead atoms. The lowest BCUT2D eigenvalue weighted by molar-refractivity contribution is 0.513. The van der Waals surface area contributed by atoms with E-state index >= 15 is 0 Å². The lowest BCUT2D eigenvalue weighted by atomic mass is 10.0. The van der Waals surface area contributed by atoms with Crippen molar-refractivity contribution in [3.63, 3.8) is 0 Å². The van der Waals surface area contributed by atoms with Gasteiger partial charge in [0.25, 0.3) is 0 Å². The summed E-state index contributed by atoms with van der Waals surface area (Å²) in [5.74, 6) is 1.65. The highest BCUT2D eigenvalue weighted by atomic mass is 15.3. The average Bonchev–Trinajstić information content (AvgIpc) is 2.57. The molecule has 0 radical (unpaired) electrons. The van der Waals surface area contributed by atoms with Crippen LogP contribution in [0, 0.1) is 0 Å². The summed E-state index contributed by atoms with van der Waals surface area (Å²) in [7, 11) is 0. The fourth-order valence-electron chi connectivity index (χ4n) is 2.49. The molecule has 1 fully saturated rings. The summed E-state index contributed by atoms with van der Waals surface area (Å²) in [4.78, 5) is 10.9. The molecule has 0 unspecified atom stereocenters. The highest BCUT2D eigenvalue weighted by Gasteiger charge is 2.34. The fraction of sp³-hybridized carbons (Fsp3) is 0.667. The second-order valence-electron chi connectivity index (χ2n) is 4.98. The van der Waals surface area contributed by atoms with Crippen molar-refractivity contribution in [1.29, 1.82) is 0 Å². The Balaban J connectivity index is 2.44. The lowest BCUT2D eigenvalue weighted by Crippen LogP contribution is -2.39. The van der Waals surface area contributed by atoms with Crippen molar-refractivity contribution < 1.29 is 0 Å². The quantitative estimate of drug-likeness (QED) is 0.828. The van der Waals surface area contributed by atoms with Crippen molar-refractivity contribution >= 4 is 11.6 Å². The van der Waals surface area contributed by atoms with Gasteiger partial charge in [-0.25, -0.2) is 9.97 Å². The van der Waals surface area contributed by atoms with Crippen LogP contribution in [-0.2, 0) is 6.42 Å². The smallest absolute Gasteiger partial charge is 0.137 e. The number of nitrogens with two attached hydrogens (primary N) is 1. The first kappa shape index (κ1) is 11.2. The summed E-state index contributed by atoms with van der Waals surface area (Å²) >= 11 is 0. The molecular weight excluding hydrogens is 200 g/mol. The average molecular weight is 220 g/mol. The minimum absolute atomic E-state index is 0.185. The van der Waals surface area contributed by atoms with Gasteiger partial charge in [-0.15, -0.1) is 0 Å². The van der Waals surface area contributed by atoms with Crippen LogP contribution in [0.25, 0.3) is 0 Å². The Kier molecular flexibility index (Phi) is 2.74. The number of aromatic nitrogens is 2. The predicted molar refractivity (Wildman–Crippen MR) is 66.5 cm³/mol. The van der Waals surface area contributed by atoms with E-state index in [1.54, 1.807) is 6.33 Å². The molecule has 1 aliphatic heterocycles. The number of anilines is 2. The van der Waals surface area contributed by atoms with Gasteiger partial charge < -0.3 is 10.6 Å². The Morgan fingerprint density at radius 1 is 1.44 bits per heavy atom. The van der Waals surface area contributed by atoms with Crippen LogP contribution in [-0.4, -0.2) is 22.1 Å². The van der Waals surface area contributed by atoms with Crippen molar-refractivity contribution in [2.24, 2.45) is 0 Å². The van der Waals surface area contributed by atoms with Gasteiger partial charge in [-0.1, -0.05) is 6.92 Å². The molecule has 4 nitrogen and oxygen atoms in total. The molecule has 88 valence electrons. The van der Waals surface area contributed by atoms with Crippen LogP contribution in [0.2, 0.25) is 0 Å². The molecule has 2 heterocycles. The maximum atomic E-state index is 5.91. The molecule has 2 rings (SSSR count). The summed E-state index contributed by atoms with van der Waals surface area (Å²) < 4.78 is 0. The third-order valence-electron chi connectivity index (χ3n) is 3.47. The number of nitrogens with zero attached hydrogens (tertiary/aromatic N) is 3. The van der Waals surface area contributed by atoms with Gasteiger partial charge in [-0.2, -0.15) is 0 Å². The topological polar surface area (TPSA) is 55.0 Å². The van der Waals surface area contributed by atoms with E-state index in [-0.39, 0.29) is 5.54 Å². The Morgan fingerprint density at radius 3 is 2.75 bits per heavy atom. The Labute approximate surface area is 96.9 Å². The van der Waals surface area contributed by atoms with Gasteiger partial charge in [0.05, 0.1) is 0 Å². The molecule has 1 saturated heterocycles. The summed E-state index contributed by atoms with van der Waals surface area (Å²) in [6.45, 7) is 7.69. The van der Waals surface area contributed by atoms with Gasteiger partial charge >= 0.3 is 0 Å². The lowest BCUT2D eigenvalue weighted by Gasteiger charge is -2.34. The first-order valence-corrected chi connectivity index (χ1v) is 5.93. The molecule has 4 heteroatoms. The highest BCUT2D eigenvalue weighted by Crippen LogP contribution is 2.35. The van der Waals surface area contributed by atoms with E-state index in [0.29, 0.717) is 5.82 Å². The van der Waals surface area contributed by atoms with Crippen molar-refractivity contribution in [1.82, 2.24) is 9.97 Å². The van der Waals surface area contributed by atoms with Gasteiger partial charge in [0.1, 0.15) is 18.0 Å². The molecule has 0 atom stereocenters.